The van der Waals surface area contributed by atoms with Crippen LogP contribution in [-0.4, -0.2) is 38.5 Å². The lowest BCUT2D eigenvalue weighted by Crippen LogP contribution is -2.33. The Hall–Kier alpha value is -4.34. The quantitative estimate of drug-likeness (QED) is 0.160. The van der Waals surface area contributed by atoms with Gasteiger partial charge < -0.3 is 19.8 Å². The summed E-state index contributed by atoms with van der Waals surface area (Å²) in [6, 6.07) is 23.3. The Labute approximate surface area is 245 Å². The molecule has 43 heavy (non-hydrogen) atoms. The van der Waals surface area contributed by atoms with Crippen molar-refractivity contribution in [1.82, 2.24) is 20.2 Å². The normalized spacial score (nSPS) is 19.4. The van der Waals surface area contributed by atoms with E-state index in [4.69, 9.17) is 4.74 Å². The largest absolute Gasteiger partial charge is 0.416 e. The maximum absolute atomic E-state index is 13.7. The van der Waals surface area contributed by atoms with E-state index in [1.165, 1.54) is 12.1 Å². The number of halogens is 3. The van der Waals surface area contributed by atoms with Crippen molar-refractivity contribution in [2.45, 2.75) is 43.9 Å². The average molecular weight is 585 g/mol. The number of ether oxygens (including phenoxy) is 1. The molecular formula is C34H31F3N4O2. The molecule has 3 aromatic carbocycles. The second-order valence-electron chi connectivity index (χ2n) is 11.6. The number of fused-ring (bicyclic) bond motifs is 2. The van der Waals surface area contributed by atoms with E-state index >= 15 is 0 Å². The molecule has 220 valence electrons. The molecule has 6 nitrogen and oxygen atoms in total. The van der Waals surface area contributed by atoms with Gasteiger partial charge in [0.1, 0.15) is 0 Å². The topological polar surface area (TPSA) is 89.7 Å². The summed E-state index contributed by atoms with van der Waals surface area (Å²) in [6.07, 6.45) is -2.96. The number of H-pyrrole nitrogens is 3. The second kappa shape index (κ2) is 10.4. The van der Waals surface area contributed by atoms with Crippen LogP contribution in [-0.2, 0) is 22.7 Å². The zero-order chi connectivity index (χ0) is 29.8. The number of alkyl halides is 3. The molecule has 4 heterocycles. The summed E-state index contributed by atoms with van der Waals surface area (Å²) >= 11 is 0. The van der Waals surface area contributed by atoms with Gasteiger partial charge in [-0.2, -0.15) is 18.3 Å². The molecule has 6 aromatic rings. The minimum atomic E-state index is -4.43. The lowest BCUT2D eigenvalue weighted by Gasteiger charge is -2.38. The first-order valence-electron chi connectivity index (χ1n) is 14.4. The maximum Gasteiger partial charge on any atom is 0.416 e. The molecule has 9 heteroatoms. The van der Waals surface area contributed by atoms with E-state index in [0.717, 1.165) is 61.8 Å². The van der Waals surface area contributed by atoms with Crippen molar-refractivity contribution in [2.75, 3.05) is 13.2 Å². The third kappa shape index (κ3) is 4.82. The van der Waals surface area contributed by atoms with Gasteiger partial charge in [-0.05, 0) is 48.7 Å². The van der Waals surface area contributed by atoms with Gasteiger partial charge in [0.15, 0.2) is 0 Å². The molecule has 7 rings (SSSR count). The third-order valence-corrected chi connectivity index (χ3v) is 8.74. The molecule has 2 atom stereocenters. The van der Waals surface area contributed by atoms with Crippen LogP contribution < -0.4 is 0 Å². The smallest absolute Gasteiger partial charge is 0.396 e. The van der Waals surface area contributed by atoms with E-state index < -0.39 is 17.2 Å². The summed E-state index contributed by atoms with van der Waals surface area (Å²) in [4.78, 5) is 7.00. The summed E-state index contributed by atoms with van der Waals surface area (Å²) < 4.78 is 47.4. The van der Waals surface area contributed by atoms with Gasteiger partial charge in [-0.3, -0.25) is 5.10 Å². The number of rotatable bonds is 6. The van der Waals surface area contributed by atoms with Crippen molar-refractivity contribution in [3.8, 4) is 22.4 Å². The van der Waals surface area contributed by atoms with Gasteiger partial charge >= 0.3 is 6.18 Å². The second-order valence-corrected chi connectivity index (χ2v) is 11.6. The van der Waals surface area contributed by atoms with Crippen LogP contribution >= 0.6 is 0 Å². The number of benzene rings is 3. The molecule has 0 spiro atoms. The SMILES string of the molecule is CC1(c2[nH]c3ccccc3c2-c2cccc(C(F)(F)F)c2)CCOC(c2cc(-c3c(CCO)[nH]c4ccccc34)n[nH]2)C1. The number of para-hydroxylation sites is 2. The van der Waals surface area contributed by atoms with Crippen LogP contribution in [0.2, 0.25) is 0 Å². The summed E-state index contributed by atoms with van der Waals surface area (Å²) in [5.74, 6) is 0. The first kappa shape index (κ1) is 27.5. The number of nitrogens with zero attached hydrogens (tertiary/aromatic N) is 1. The molecule has 1 aliphatic rings. The molecule has 0 aliphatic carbocycles. The summed E-state index contributed by atoms with van der Waals surface area (Å²) in [5, 5.41) is 19.5. The van der Waals surface area contributed by atoms with Crippen molar-refractivity contribution in [2.24, 2.45) is 0 Å². The first-order chi connectivity index (χ1) is 20.7. The van der Waals surface area contributed by atoms with Gasteiger partial charge in [-0.1, -0.05) is 55.5 Å². The number of aromatic amines is 3. The predicted molar refractivity (Wildman–Crippen MR) is 161 cm³/mol. The summed E-state index contributed by atoms with van der Waals surface area (Å²) in [5.41, 5.74) is 6.48. The molecule has 1 fully saturated rings. The Kier molecular flexibility index (Phi) is 6.67. The van der Waals surface area contributed by atoms with E-state index in [2.05, 4.69) is 27.1 Å². The average Bonchev–Trinajstić information content (AvgIpc) is 3.72. The number of aromatic nitrogens is 4. The molecule has 0 radical (unpaired) electrons. The highest BCUT2D eigenvalue weighted by atomic mass is 19.4. The summed E-state index contributed by atoms with van der Waals surface area (Å²) in [6.45, 7) is 2.65. The minimum absolute atomic E-state index is 0.0138. The van der Waals surface area contributed by atoms with Crippen molar-refractivity contribution < 1.29 is 23.0 Å². The van der Waals surface area contributed by atoms with E-state index in [1.54, 1.807) is 6.07 Å². The molecule has 2 unspecified atom stereocenters. The standard InChI is InChI=1S/C34H31F3N4O2/c1-33(32-30(22-9-2-5-12-25(22)39-32)20-7-6-8-21(17-20)34(35,36)37)14-16-43-29(19-33)27-18-28(41-40-27)31-23-10-3-4-11-24(23)38-26(31)13-15-42/h2-12,17-18,29,38-39,42H,13-16,19H2,1H3,(H,40,41). The lowest BCUT2D eigenvalue weighted by atomic mass is 9.74. The van der Waals surface area contributed by atoms with Crippen LogP contribution in [0.5, 0.6) is 0 Å². The number of hydrogen-bond acceptors (Lipinski definition) is 3. The van der Waals surface area contributed by atoms with Gasteiger partial charge in [0.25, 0.3) is 0 Å². The van der Waals surface area contributed by atoms with E-state index in [1.807, 2.05) is 54.6 Å². The fraction of sp³-hybridized carbons (Fsp3) is 0.265. The molecule has 1 saturated heterocycles. The number of nitrogens with one attached hydrogen (secondary N) is 3. The highest BCUT2D eigenvalue weighted by Gasteiger charge is 2.40. The zero-order valence-electron chi connectivity index (χ0n) is 23.6. The molecule has 0 amide bonds. The van der Waals surface area contributed by atoms with Crippen LogP contribution in [0.4, 0.5) is 13.2 Å². The van der Waals surface area contributed by atoms with Gasteiger partial charge in [0.05, 0.1) is 23.1 Å². The number of aliphatic hydroxyl groups excluding tert-OH is 1. The highest BCUT2D eigenvalue weighted by molar-refractivity contribution is 5.98. The summed E-state index contributed by atoms with van der Waals surface area (Å²) in [7, 11) is 0. The first-order valence-corrected chi connectivity index (χ1v) is 14.4. The third-order valence-electron chi connectivity index (χ3n) is 8.74. The fourth-order valence-electron chi connectivity index (χ4n) is 6.59. The van der Waals surface area contributed by atoms with Crippen LogP contribution in [0.15, 0.2) is 78.9 Å². The van der Waals surface area contributed by atoms with Crippen molar-refractivity contribution in [3.63, 3.8) is 0 Å². The van der Waals surface area contributed by atoms with E-state index in [0.29, 0.717) is 31.4 Å². The predicted octanol–water partition coefficient (Wildman–Crippen LogP) is 8.07. The van der Waals surface area contributed by atoms with Gasteiger partial charge in [0.2, 0.25) is 0 Å². The Morgan fingerprint density at radius 2 is 1.65 bits per heavy atom. The molecule has 4 N–H and O–H groups in total. The van der Waals surface area contributed by atoms with Crippen LogP contribution in [0.1, 0.15) is 48.5 Å². The minimum Gasteiger partial charge on any atom is -0.396 e. The zero-order valence-corrected chi connectivity index (χ0v) is 23.6. The lowest BCUT2D eigenvalue weighted by molar-refractivity contribution is -0.137. The molecular weight excluding hydrogens is 553 g/mol. The molecule has 0 saturated carbocycles. The van der Waals surface area contributed by atoms with E-state index in [9.17, 15) is 18.3 Å². The Bertz CT molecular complexity index is 1940. The van der Waals surface area contributed by atoms with Gasteiger partial charge in [-0.25, -0.2) is 0 Å². The number of aliphatic hydroxyl groups is 1. The van der Waals surface area contributed by atoms with Crippen molar-refractivity contribution >= 4 is 21.8 Å². The van der Waals surface area contributed by atoms with Gasteiger partial charge in [0, 0.05) is 69.4 Å². The molecule has 0 bridgehead atoms. The van der Waals surface area contributed by atoms with Crippen LogP contribution in [0.3, 0.4) is 0 Å². The molecule has 1 aliphatic heterocycles. The van der Waals surface area contributed by atoms with E-state index in [-0.39, 0.29) is 12.7 Å². The fourth-order valence-corrected chi connectivity index (χ4v) is 6.59. The van der Waals surface area contributed by atoms with Crippen LogP contribution in [0, 0.1) is 0 Å². The van der Waals surface area contributed by atoms with Gasteiger partial charge in [-0.15, -0.1) is 0 Å². The van der Waals surface area contributed by atoms with Crippen LogP contribution in [0.25, 0.3) is 44.2 Å². The van der Waals surface area contributed by atoms with Crippen molar-refractivity contribution in [1.29, 1.82) is 0 Å². The monoisotopic (exact) mass is 584 g/mol. The Morgan fingerprint density at radius 3 is 2.40 bits per heavy atom. The number of hydrogen-bond donors (Lipinski definition) is 4. The maximum atomic E-state index is 13.7. The Balaban J connectivity index is 1.27. The highest BCUT2D eigenvalue weighted by Crippen LogP contribution is 2.48. The van der Waals surface area contributed by atoms with Crippen molar-refractivity contribution in [3.05, 3.63) is 102 Å². The molecule has 3 aromatic heterocycles. The Morgan fingerprint density at radius 1 is 0.930 bits per heavy atom.